The van der Waals surface area contributed by atoms with E-state index in [-0.39, 0.29) is 11.6 Å². The molecular weight excluding hydrogens is 303 g/mol. The van der Waals surface area contributed by atoms with E-state index >= 15 is 0 Å². The van der Waals surface area contributed by atoms with Gasteiger partial charge in [-0.3, -0.25) is 0 Å². The van der Waals surface area contributed by atoms with Gasteiger partial charge < -0.3 is 5.32 Å². The van der Waals surface area contributed by atoms with Gasteiger partial charge in [0.2, 0.25) is 0 Å². The van der Waals surface area contributed by atoms with Gasteiger partial charge in [0.25, 0.3) is 0 Å². The summed E-state index contributed by atoms with van der Waals surface area (Å²) in [6.45, 7) is 2.22. The fourth-order valence-electron chi connectivity index (χ4n) is 1.94. The van der Waals surface area contributed by atoms with E-state index in [1.54, 1.807) is 25.1 Å². The number of halogens is 4. The van der Waals surface area contributed by atoms with E-state index in [4.69, 9.17) is 23.2 Å². The molecule has 0 aliphatic carbocycles. The van der Waals surface area contributed by atoms with Crippen LogP contribution < -0.4 is 5.32 Å². The van der Waals surface area contributed by atoms with Gasteiger partial charge in [-0.05, 0) is 48.9 Å². The first-order chi connectivity index (χ1) is 9.45. The third-order valence-corrected chi connectivity index (χ3v) is 3.40. The Kier molecular flexibility index (Phi) is 4.97. The molecule has 0 fully saturated rings. The molecule has 2 rings (SSSR count). The van der Waals surface area contributed by atoms with Crippen molar-refractivity contribution in [2.45, 2.75) is 19.5 Å². The van der Waals surface area contributed by atoms with Crippen molar-refractivity contribution >= 4 is 23.2 Å². The van der Waals surface area contributed by atoms with Crippen molar-refractivity contribution in [1.82, 2.24) is 5.32 Å². The summed E-state index contributed by atoms with van der Waals surface area (Å²) in [6, 6.07) is 8.27. The Morgan fingerprint density at radius 3 is 2.35 bits per heavy atom. The van der Waals surface area contributed by atoms with Crippen LogP contribution in [0.2, 0.25) is 10.0 Å². The molecule has 0 aromatic heterocycles. The van der Waals surface area contributed by atoms with Gasteiger partial charge in [-0.2, -0.15) is 0 Å². The second-order valence-corrected chi connectivity index (χ2v) is 5.42. The minimum atomic E-state index is -0.458. The normalized spacial score (nSPS) is 12.4. The van der Waals surface area contributed by atoms with Gasteiger partial charge in [0.1, 0.15) is 11.6 Å². The molecule has 1 N–H and O–H groups in total. The Morgan fingerprint density at radius 2 is 1.70 bits per heavy atom. The molecule has 1 unspecified atom stereocenters. The van der Waals surface area contributed by atoms with Crippen LogP contribution in [-0.4, -0.2) is 0 Å². The first-order valence-electron chi connectivity index (χ1n) is 6.09. The monoisotopic (exact) mass is 315 g/mol. The lowest BCUT2D eigenvalue weighted by atomic mass is 10.1. The highest BCUT2D eigenvalue weighted by molar-refractivity contribution is 6.34. The lowest BCUT2D eigenvalue weighted by molar-refractivity contribution is 0.518. The molecule has 20 heavy (non-hydrogen) atoms. The molecular formula is C15H13Cl2F2N. The van der Waals surface area contributed by atoms with Crippen LogP contribution in [0.1, 0.15) is 24.1 Å². The van der Waals surface area contributed by atoms with Crippen molar-refractivity contribution in [3.05, 3.63) is 69.2 Å². The zero-order chi connectivity index (χ0) is 14.7. The molecule has 2 aromatic carbocycles. The van der Waals surface area contributed by atoms with Crippen molar-refractivity contribution in [3.8, 4) is 0 Å². The summed E-state index contributed by atoms with van der Waals surface area (Å²) in [5, 5.41) is 4.20. The standard InChI is InChI=1S/C15H13Cl2F2N/c1-9(14-7-13(18)2-3-15(14)19)20-8-10-4-11(16)6-12(17)5-10/h2-7,9,20H,8H2,1H3. The highest BCUT2D eigenvalue weighted by Crippen LogP contribution is 2.21. The summed E-state index contributed by atoms with van der Waals surface area (Å²) in [5.74, 6) is -0.892. The summed E-state index contributed by atoms with van der Waals surface area (Å²) < 4.78 is 26.8. The van der Waals surface area contributed by atoms with Crippen molar-refractivity contribution in [3.63, 3.8) is 0 Å². The Labute approximate surface area is 126 Å². The van der Waals surface area contributed by atoms with E-state index in [2.05, 4.69) is 5.32 Å². The zero-order valence-electron chi connectivity index (χ0n) is 10.8. The number of hydrogen-bond donors (Lipinski definition) is 1. The van der Waals surface area contributed by atoms with Crippen LogP contribution in [0.4, 0.5) is 8.78 Å². The van der Waals surface area contributed by atoms with Crippen molar-refractivity contribution in [2.75, 3.05) is 0 Å². The topological polar surface area (TPSA) is 12.0 Å². The predicted molar refractivity (Wildman–Crippen MR) is 78.1 cm³/mol. The smallest absolute Gasteiger partial charge is 0.128 e. The van der Waals surface area contributed by atoms with Gasteiger partial charge in [0.15, 0.2) is 0 Å². The third kappa shape index (κ3) is 3.92. The second-order valence-electron chi connectivity index (χ2n) is 4.55. The molecule has 0 heterocycles. The lowest BCUT2D eigenvalue weighted by Crippen LogP contribution is -2.19. The Bertz CT molecular complexity index is 597. The molecule has 5 heteroatoms. The number of nitrogens with one attached hydrogen (secondary N) is 1. The average Bonchev–Trinajstić information content (AvgIpc) is 2.38. The van der Waals surface area contributed by atoms with Crippen molar-refractivity contribution in [2.24, 2.45) is 0 Å². The molecule has 0 aliphatic rings. The quantitative estimate of drug-likeness (QED) is 0.825. The minimum absolute atomic E-state index is 0.290. The van der Waals surface area contributed by atoms with Crippen LogP contribution in [0.3, 0.4) is 0 Å². The maximum atomic E-state index is 13.6. The zero-order valence-corrected chi connectivity index (χ0v) is 12.3. The molecule has 0 radical (unpaired) electrons. The summed E-state index contributed by atoms with van der Waals surface area (Å²) >= 11 is 11.8. The maximum absolute atomic E-state index is 13.6. The van der Waals surface area contributed by atoms with E-state index in [0.29, 0.717) is 16.6 Å². The average molecular weight is 316 g/mol. The fourth-order valence-corrected chi connectivity index (χ4v) is 2.51. The van der Waals surface area contributed by atoms with Crippen molar-refractivity contribution < 1.29 is 8.78 Å². The van der Waals surface area contributed by atoms with E-state index in [9.17, 15) is 8.78 Å². The third-order valence-electron chi connectivity index (χ3n) is 2.96. The SMILES string of the molecule is CC(NCc1cc(Cl)cc(Cl)c1)c1cc(F)ccc1F. The van der Waals surface area contributed by atoms with Gasteiger partial charge in [0, 0.05) is 28.2 Å². The number of benzene rings is 2. The number of hydrogen-bond acceptors (Lipinski definition) is 1. The molecule has 106 valence electrons. The Hall–Kier alpha value is -1.16. The molecule has 1 nitrogen and oxygen atoms in total. The fraction of sp³-hybridized carbons (Fsp3) is 0.200. The Balaban J connectivity index is 2.08. The molecule has 0 saturated carbocycles. The van der Waals surface area contributed by atoms with E-state index < -0.39 is 11.6 Å². The van der Waals surface area contributed by atoms with E-state index in [0.717, 1.165) is 17.7 Å². The van der Waals surface area contributed by atoms with Crippen molar-refractivity contribution in [1.29, 1.82) is 0 Å². The van der Waals surface area contributed by atoms with Crippen LogP contribution in [0.25, 0.3) is 0 Å². The van der Waals surface area contributed by atoms with Crippen LogP contribution in [0, 0.1) is 11.6 Å². The highest BCUT2D eigenvalue weighted by atomic mass is 35.5. The summed E-state index contributed by atoms with van der Waals surface area (Å²) in [6.07, 6.45) is 0. The van der Waals surface area contributed by atoms with Gasteiger partial charge >= 0.3 is 0 Å². The van der Waals surface area contributed by atoms with Gasteiger partial charge in [-0.15, -0.1) is 0 Å². The summed E-state index contributed by atoms with van der Waals surface area (Å²) in [5.41, 5.74) is 1.17. The predicted octanol–water partition coefficient (Wildman–Crippen LogP) is 5.12. The minimum Gasteiger partial charge on any atom is -0.306 e. The second kappa shape index (κ2) is 6.53. The molecule has 2 aromatic rings. The van der Waals surface area contributed by atoms with Crippen LogP contribution >= 0.6 is 23.2 Å². The van der Waals surface area contributed by atoms with Gasteiger partial charge in [-0.25, -0.2) is 8.78 Å². The maximum Gasteiger partial charge on any atom is 0.128 e. The molecule has 1 atom stereocenters. The Morgan fingerprint density at radius 1 is 1.05 bits per heavy atom. The lowest BCUT2D eigenvalue weighted by Gasteiger charge is -2.15. The van der Waals surface area contributed by atoms with Gasteiger partial charge in [-0.1, -0.05) is 23.2 Å². The number of rotatable bonds is 4. The molecule has 0 saturated heterocycles. The summed E-state index contributed by atoms with van der Waals surface area (Å²) in [4.78, 5) is 0. The highest BCUT2D eigenvalue weighted by Gasteiger charge is 2.11. The van der Waals surface area contributed by atoms with Crippen LogP contribution in [-0.2, 0) is 6.54 Å². The van der Waals surface area contributed by atoms with Crippen LogP contribution in [0.15, 0.2) is 36.4 Å². The largest absolute Gasteiger partial charge is 0.306 e. The first-order valence-corrected chi connectivity index (χ1v) is 6.84. The summed E-state index contributed by atoms with van der Waals surface area (Å²) in [7, 11) is 0. The molecule has 0 spiro atoms. The molecule has 0 amide bonds. The van der Waals surface area contributed by atoms with Crippen LogP contribution in [0.5, 0.6) is 0 Å². The van der Waals surface area contributed by atoms with E-state index in [1.807, 2.05) is 0 Å². The van der Waals surface area contributed by atoms with Gasteiger partial charge in [0.05, 0.1) is 0 Å². The molecule has 0 bridgehead atoms. The van der Waals surface area contributed by atoms with E-state index in [1.165, 1.54) is 6.07 Å². The molecule has 0 aliphatic heterocycles. The first kappa shape index (κ1) is 15.2.